The van der Waals surface area contributed by atoms with Gasteiger partial charge in [0.2, 0.25) is 0 Å². The number of rotatable bonds is 7. The van der Waals surface area contributed by atoms with Crippen LogP contribution in [0.4, 0.5) is 4.79 Å². The van der Waals surface area contributed by atoms with Crippen LogP contribution in [0.15, 0.2) is 5.38 Å². The highest BCUT2D eigenvalue weighted by Crippen LogP contribution is 2.28. The van der Waals surface area contributed by atoms with Crippen LogP contribution in [0.2, 0.25) is 0 Å². The van der Waals surface area contributed by atoms with Gasteiger partial charge in [-0.05, 0) is 38.5 Å². The molecule has 0 aromatic carbocycles. The lowest BCUT2D eigenvalue weighted by atomic mass is 9.83. The first-order valence-corrected chi connectivity index (χ1v) is 9.62. The molecule has 1 aliphatic carbocycles. The van der Waals surface area contributed by atoms with Crippen molar-refractivity contribution < 1.29 is 9.90 Å². The Bertz CT molecular complexity index is 486. The third-order valence-corrected chi connectivity index (χ3v) is 5.70. The van der Waals surface area contributed by atoms with Gasteiger partial charge in [-0.15, -0.1) is 11.3 Å². The molecule has 2 atom stereocenters. The lowest BCUT2D eigenvalue weighted by molar-refractivity contribution is 0.194. The number of amides is 2. The first kappa shape index (κ1) is 18.2. The van der Waals surface area contributed by atoms with Gasteiger partial charge in [-0.2, -0.15) is 0 Å². The lowest BCUT2D eigenvalue weighted by Crippen LogP contribution is -2.47. The zero-order chi connectivity index (χ0) is 16.7. The van der Waals surface area contributed by atoms with Crippen molar-refractivity contribution in [3.05, 3.63) is 16.1 Å². The van der Waals surface area contributed by atoms with E-state index in [1.54, 1.807) is 11.3 Å². The first-order chi connectivity index (χ1) is 11.1. The van der Waals surface area contributed by atoms with Crippen molar-refractivity contribution in [1.29, 1.82) is 0 Å². The van der Waals surface area contributed by atoms with E-state index in [1.807, 2.05) is 19.2 Å². The van der Waals surface area contributed by atoms with Crippen LogP contribution < -0.4 is 10.6 Å². The van der Waals surface area contributed by atoms with Crippen molar-refractivity contribution >= 4 is 17.4 Å². The number of hydrogen-bond acceptors (Lipinski definition) is 4. The van der Waals surface area contributed by atoms with Crippen molar-refractivity contribution in [1.82, 2.24) is 15.6 Å². The van der Waals surface area contributed by atoms with E-state index in [2.05, 4.69) is 15.6 Å². The summed E-state index contributed by atoms with van der Waals surface area (Å²) in [4.78, 5) is 16.9. The van der Waals surface area contributed by atoms with Gasteiger partial charge in [0, 0.05) is 23.7 Å². The minimum atomic E-state index is -0.145. The monoisotopic (exact) mass is 339 g/mol. The van der Waals surface area contributed by atoms with Crippen molar-refractivity contribution in [2.75, 3.05) is 6.61 Å². The Balaban J connectivity index is 1.91. The van der Waals surface area contributed by atoms with E-state index in [4.69, 9.17) is 0 Å². The molecule has 2 amide bonds. The standard InChI is InChI=1S/C17H29N3O2S/c1-3-14(16-18-12(2)11-23-16)19-17(22)20-15(9-10-21)13-7-5-4-6-8-13/h11,13-15,21H,3-10H2,1-2H3,(H2,19,20,22). The van der Waals surface area contributed by atoms with E-state index in [1.165, 1.54) is 19.3 Å². The van der Waals surface area contributed by atoms with E-state index in [9.17, 15) is 9.90 Å². The molecule has 2 rings (SSSR count). The molecular weight excluding hydrogens is 310 g/mol. The summed E-state index contributed by atoms with van der Waals surface area (Å²) in [5.41, 5.74) is 0.992. The zero-order valence-electron chi connectivity index (χ0n) is 14.2. The van der Waals surface area contributed by atoms with Crippen LogP contribution in [-0.2, 0) is 0 Å². The molecule has 6 heteroatoms. The highest BCUT2D eigenvalue weighted by molar-refractivity contribution is 7.09. The predicted molar refractivity (Wildman–Crippen MR) is 93.6 cm³/mol. The topological polar surface area (TPSA) is 74.2 Å². The van der Waals surface area contributed by atoms with Gasteiger partial charge in [-0.3, -0.25) is 0 Å². The molecule has 3 N–H and O–H groups in total. The van der Waals surface area contributed by atoms with Gasteiger partial charge in [-0.1, -0.05) is 26.2 Å². The van der Waals surface area contributed by atoms with E-state index >= 15 is 0 Å². The van der Waals surface area contributed by atoms with Crippen LogP contribution in [0, 0.1) is 12.8 Å². The average Bonchev–Trinajstić information content (AvgIpc) is 2.99. The Labute approximate surface area is 142 Å². The molecule has 0 bridgehead atoms. The van der Waals surface area contributed by atoms with E-state index in [0.717, 1.165) is 30.0 Å². The van der Waals surface area contributed by atoms with Crippen molar-refractivity contribution in [2.45, 2.75) is 70.9 Å². The number of aliphatic hydroxyl groups is 1. The molecule has 1 aromatic heterocycles. The summed E-state index contributed by atoms with van der Waals surface area (Å²) in [5, 5.41) is 18.4. The normalized spacial score (nSPS) is 18.4. The maximum Gasteiger partial charge on any atom is 0.315 e. The Morgan fingerprint density at radius 3 is 2.70 bits per heavy atom. The van der Waals surface area contributed by atoms with Gasteiger partial charge < -0.3 is 15.7 Å². The molecular formula is C17H29N3O2S. The van der Waals surface area contributed by atoms with Gasteiger partial charge in [0.25, 0.3) is 0 Å². The quantitative estimate of drug-likeness (QED) is 0.711. The molecule has 0 spiro atoms. The number of carbonyl (C=O) groups excluding carboxylic acids is 1. The first-order valence-electron chi connectivity index (χ1n) is 8.74. The molecule has 5 nitrogen and oxygen atoms in total. The third-order valence-electron chi connectivity index (χ3n) is 4.62. The summed E-state index contributed by atoms with van der Waals surface area (Å²) < 4.78 is 0. The van der Waals surface area contributed by atoms with Crippen LogP contribution in [0.3, 0.4) is 0 Å². The number of carbonyl (C=O) groups is 1. The number of aliphatic hydroxyl groups excluding tert-OH is 1. The summed E-state index contributed by atoms with van der Waals surface area (Å²) in [6, 6.07) is -0.126. The molecule has 0 radical (unpaired) electrons. The number of nitrogens with one attached hydrogen (secondary N) is 2. The highest BCUT2D eigenvalue weighted by atomic mass is 32.1. The van der Waals surface area contributed by atoms with E-state index < -0.39 is 0 Å². The van der Waals surface area contributed by atoms with Gasteiger partial charge in [0.1, 0.15) is 5.01 Å². The number of hydrogen-bond donors (Lipinski definition) is 3. The maximum absolute atomic E-state index is 12.4. The molecule has 1 aliphatic rings. The van der Waals surface area contributed by atoms with Crippen LogP contribution in [0.25, 0.3) is 0 Å². The van der Waals surface area contributed by atoms with Crippen LogP contribution in [0.1, 0.15) is 68.6 Å². The zero-order valence-corrected chi connectivity index (χ0v) is 15.0. The van der Waals surface area contributed by atoms with Crippen molar-refractivity contribution in [3.63, 3.8) is 0 Å². The fourth-order valence-electron chi connectivity index (χ4n) is 3.34. The summed E-state index contributed by atoms with van der Waals surface area (Å²) >= 11 is 1.59. The fraction of sp³-hybridized carbons (Fsp3) is 0.765. The fourth-order valence-corrected chi connectivity index (χ4v) is 4.27. The number of nitrogens with zero attached hydrogens (tertiary/aromatic N) is 1. The molecule has 1 fully saturated rings. The maximum atomic E-state index is 12.4. The molecule has 0 aliphatic heterocycles. The smallest absolute Gasteiger partial charge is 0.315 e. The molecule has 2 unspecified atom stereocenters. The lowest BCUT2D eigenvalue weighted by Gasteiger charge is -2.31. The Kier molecular flexibility index (Phi) is 7.30. The van der Waals surface area contributed by atoms with Gasteiger partial charge in [0.05, 0.1) is 6.04 Å². The Hall–Kier alpha value is -1.14. The van der Waals surface area contributed by atoms with Crippen LogP contribution in [0.5, 0.6) is 0 Å². The largest absolute Gasteiger partial charge is 0.396 e. The average molecular weight is 340 g/mol. The summed E-state index contributed by atoms with van der Waals surface area (Å²) in [5.74, 6) is 0.490. The number of aromatic nitrogens is 1. The summed E-state index contributed by atoms with van der Waals surface area (Å²) in [6.45, 7) is 4.13. The Morgan fingerprint density at radius 1 is 1.39 bits per heavy atom. The predicted octanol–water partition coefficient (Wildman–Crippen LogP) is 3.53. The van der Waals surface area contributed by atoms with Crippen LogP contribution >= 0.6 is 11.3 Å². The highest BCUT2D eigenvalue weighted by Gasteiger charge is 2.25. The Morgan fingerprint density at radius 2 is 2.13 bits per heavy atom. The van der Waals surface area contributed by atoms with Gasteiger partial charge in [-0.25, -0.2) is 9.78 Å². The number of thiazole rings is 1. The second kappa shape index (κ2) is 9.23. The second-order valence-electron chi connectivity index (χ2n) is 6.42. The minimum Gasteiger partial charge on any atom is -0.396 e. The minimum absolute atomic E-state index is 0.0465. The van der Waals surface area contributed by atoms with Crippen molar-refractivity contribution in [2.24, 2.45) is 5.92 Å². The third kappa shape index (κ3) is 5.46. The van der Waals surface area contributed by atoms with E-state index in [0.29, 0.717) is 12.3 Å². The molecule has 1 aromatic rings. The summed E-state index contributed by atoms with van der Waals surface area (Å²) in [7, 11) is 0. The van der Waals surface area contributed by atoms with Gasteiger partial charge in [0.15, 0.2) is 0 Å². The molecule has 23 heavy (non-hydrogen) atoms. The molecule has 1 heterocycles. The van der Waals surface area contributed by atoms with Crippen LogP contribution in [-0.4, -0.2) is 28.8 Å². The molecule has 1 saturated carbocycles. The van der Waals surface area contributed by atoms with Crippen molar-refractivity contribution in [3.8, 4) is 0 Å². The number of aryl methyl sites for hydroxylation is 1. The number of urea groups is 1. The summed E-state index contributed by atoms with van der Waals surface area (Å²) in [6.07, 6.45) is 7.48. The second-order valence-corrected chi connectivity index (χ2v) is 7.31. The van der Waals surface area contributed by atoms with E-state index in [-0.39, 0.29) is 24.7 Å². The molecule has 0 saturated heterocycles. The SMILES string of the molecule is CCC(NC(=O)NC(CCO)C1CCCCC1)c1nc(C)cs1. The molecule has 130 valence electrons. The van der Waals surface area contributed by atoms with Gasteiger partial charge >= 0.3 is 6.03 Å².